The van der Waals surface area contributed by atoms with Gasteiger partial charge in [0.25, 0.3) is 0 Å². The summed E-state index contributed by atoms with van der Waals surface area (Å²) in [5.41, 5.74) is 0. The molecule has 0 aliphatic carbocycles. The topological polar surface area (TPSA) is 14.1 Å². The molecule has 0 radical (unpaired) electrons. The number of unbranched alkanes of at least 4 members (excludes halogenated alkanes) is 10. The Morgan fingerprint density at radius 2 is 0.762 bits per heavy atom. The normalized spacial score (nSPS) is 8.86. The Morgan fingerprint density at radius 3 is 1.10 bits per heavy atom. The molecule has 0 aromatic carbocycles. The predicted molar refractivity (Wildman–Crippen MR) is 102 cm³/mol. The number of rotatable bonds is 14. The van der Waals surface area contributed by atoms with Gasteiger partial charge in [0.15, 0.2) is 0 Å². The van der Waals surface area contributed by atoms with E-state index in [2.05, 4.69) is 19.2 Å². The number of nitrogens with zero attached hydrogens (tertiary/aromatic N) is 1. The first-order valence-corrected chi connectivity index (χ1v) is 8.05. The molecule has 0 saturated heterocycles. The zero-order valence-corrected chi connectivity index (χ0v) is 18.1. The van der Waals surface area contributed by atoms with Crippen molar-refractivity contribution in [3.63, 3.8) is 0 Å². The first-order chi connectivity index (χ1) is 8.41. The van der Waals surface area contributed by atoms with Gasteiger partial charge in [-0.3, -0.25) is 0 Å². The summed E-state index contributed by atoms with van der Waals surface area (Å²) in [6, 6.07) is 0. The molecule has 0 aromatic rings. The van der Waals surface area contributed by atoms with Crippen LogP contribution in [0, 0.1) is 0 Å². The fraction of sp³-hybridized carbons (Fsp3) is 1.00. The van der Waals surface area contributed by atoms with Crippen molar-refractivity contribution in [3.05, 3.63) is 5.32 Å². The second kappa shape index (κ2) is 33.2. The summed E-state index contributed by atoms with van der Waals surface area (Å²) < 4.78 is 0. The van der Waals surface area contributed by atoms with Crippen molar-refractivity contribution in [3.8, 4) is 0 Å². The summed E-state index contributed by atoms with van der Waals surface area (Å²) in [5, 5.41) is 4.61. The largest absolute Gasteiger partial charge is 0.662 e. The van der Waals surface area contributed by atoms with E-state index in [-0.39, 0.29) is 58.9 Å². The second-order valence-electron chi connectivity index (χ2n) is 5.21. The third-order valence-corrected chi connectivity index (χ3v) is 3.34. The van der Waals surface area contributed by atoms with Crippen LogP contribution in [-0.4, -0.2) is 13.1 Å². The van der Waals surface area contributed by atoms with E-state index in [1.54, 1.807) is 0 Å². The smallest absolute Gasteiger partial charge is 0 e. The number of hydrogen-bond donors (Lipinski definition) is 0. The molecule has 5 heteroatoms. The van der Waals surface area contributed by atoms with Crippen LogP contribution in [0.4, 0.5) is 0 Å². The fourth-order valence-electron chi connectivity index (χ4n) is 2.12. The van der Waals surface area contributed by atoms with Crippen LogP contribution in [0.15, 0.2) is 0 Å². The van der Waals surface area contributed by atoms with E-state index in [0.29, 0.717) is 0 Å². The predicted octanol–water partition coefficient (Wildman–Crippen LogP) is 7.34. The summed E-state index contributed by atoms with van der Waals surface area (Å²) >= 11 is 0. The monoisotopic (exact) mass is 396 g/mol. The Bertz CT molecular complexity index is 127. The average Bonchev–Trinajstić information content (AvgIpc) is 2.35. The molecule has 0 amide bonds. The van der Waals surface area contributed by atoms with Crippen LogP contribution in [0.2, 0.25) is 0 Å². The van der Waals surface area contributed by atoms with E-state index in [9.17, 15) is 0 Å². The van der Waals surface area contributed by atoms with Gasteiger partial charge < -0.3 is 5.32 Å². The molecular weight excluding hydrogens is 360 g/mol. The van der Waals surface area contributed by atoms with Crippen LogP contribution >= 0.6 is 37.2 Å². The van der Waals surface area contributed by atoms with E-state index in [0.717, 1.165) is 13.1 Å². The minimum absolute atomic E-state index is 0. The fourth-order valence-corrected chi connectivity index (χ4v) is 2.12. The second-order valence-corrected chi connectivity index (χ2v) is 5.21. The molecule has 0 atom stereocenters. The molecule has 0 bridgehead atoms. The SMILES string of the molecule is CCCCCCCC[N-]CCCCCCCC.Cl.Cl.Cl.[Ti]. The zero-order valence-electron chi connectivity index (χ0n) is 14.1. The molecule has 21 heavy (non-hydrogen) atoms. The molecule has 0 aromatic heterocycles. The van der Waals surface area contributed by atoms with Gasteiger partial charge in [0.05, 0.1) is 0 Å². The molecule has 0 aliphatic rings. The van der Waals surface area contributed by atoms with Crippen molar-refractivity contribution in [2.75, 3.05) is 13.1 Å². The summed E-state index contributed by atoms with van der Waals surface area (Å²) in [6.45, 7) is 6.77. The van der Waals surface area contributed by atoms with E-state index in [1.165, 1.54) is 77.0 Å². The Hall–Kier alpha value is 1.54. The standard InChI is InChI=1S/C16H34N.3ClH.Ti/c1-3-5-7-9-11-13-15-17-16-14-12-10-8-6-4-2;;;;/h3-16H2,1-2H3;3*1H;/q-1;;;;. The first kappa shape index (κ1) is 34.0. The van der Waals surface area contributed by atoms with Crippen molar-refractivity contribution < 1.29 is 21.7 Å². The third-order valence-electron chi connectivity index (χ3n) is 3.34. The van der Waals surface area contributed by atoms with Crippen molar-refractivity contribution in [1.29, 1.82) is 0 Å². The van der Waals surface area contributed by atoms with E-state index in [4.69, 9.17) is 0 Å². The molecule has 0 spiro atoms. The van der Waals surface area contributed by atoms with Crippen molar-refractivity contribution in [2.45, 2.75) is 90.9 Å². The van der Waals surface area contributed by atoms with Gasteiger partial charge >= 0.3 is 0 Å². The molecule has 132 valence electrons. The maximum Gasteiger partial charge on any atom is 0 e. The minimum atomic E-state index is 0. The van der Waals surface area contributed by atoms with E-state index < -0.39 is 0 Å². The van der Waals surface area contributed by atoms with Crippen LogP contribution in [0.5, 0.6) is 0 Å². The zero-order chi connectivity index (χ0) is 12.6. The van der Waals surface area contributed by atoms with Gasteiger partial charge in [-0.25, -0.2) is 0 Å². The van der Waals surface area contributed by atoms with Gasteiger partial charge in [0.1, 0.15) is 0 Å². The van der Waals surface area contributed by atoms with Crippen LogP contribution in [-0.2, 0) is 21.7 Å². The summed E-state index contributed by atoms with van der Waals surface area (Å²) in [5.74, 6) is 0. The Morgan fingerprint density at radius 1 is 0.476 bits per heavy atom. The van der Waals surface area contributed by atoms with Gasteiger partial charge in [0, 0.05) is 21.7 Å². The molecule has 0 heterocycles. The molecule has 0 fully saturated rings. The molecule has 0 rings (SSSR count). The quantitative estimate of drug-likeness (QED) is 0.215. The Balaban J connectivity index is -0.000000213. The van der Waals surface area contributed by atoms with Crippen LogP contribution in [0.3, 0.4) is 0 Å². The van der Waals surface area contributed by atoms with E-state index >= 15 is 0 Å². The van der Waals surface area contributed by atoms with Crippen molar-refractivity contribution in [2.24, 2.45) is 0 Å². The average molecular weight is 398 g/mol. The van der Waals surface area contributed by atoms with Gasteiger partial charge in [0.2, 0.25) is 0 Å². The van der Waals surface area contributed by atoms with E-state index in [1.807, 2.05) is 0 Å². The molecule has 0 saturated carbocycles. The molecule has 1 nitrogen and oxygen atoms in total. The minimum Gasteiger partial charge on any atom is -0.662 e. The maximum absolute atomic E-state index is 4.61. The van der Waals surface area contributed by atoms with Gasteiger partial charge in [-0.1, -0.05) is 90.9 Å². The van der Waals surface area contributed by atoms with Gasteiger partial charge in [-0.2, -0.15) is 0 Å². The number of hydrogen-bond acceptors (Lipinski definition) is 0. The van der Waals surface area contributed by atoms with Crippen LogP contribution in [0.25, 0.3) is 5.32 Å². The van der Waals surface area contributed by atoms with Crippen molar-refractivity contribution >= 4 is 37.2 Å². The maximum atomic E-state index is 4.61. The molecular formula is C16H37Cl3NTi-. The number of halogens is 3. The summed E-state index contributed by atoms with van der Waals surface area (Å²) in [4.78, 5) is 0. The van der Waals surface area contributed by atoms with Crippen LogP contribution in [0.1, 0.15) is 90.9 Å². The van der Waals surface area contributed by atoms with Gasteiger partial charge in [-0.15, -0.1) is 50.3 Å². The first-order valence-electron chi connectivity index (χ1n) is 8.05. The Kier molecular flexibility index (Phi) is 53.8. The molecule has 0 unspecified atom stereocenters. The van der Waals surface area contributed by atoms with Crippen LogP contribution < -0.4 is 0 Å². The van der Waals surface area contributed by atoms with Gasteiger partial charge in [-0.05, 0) is 0 Å². The summed E-state index contributed by atoms with van der Waals surface area (Å²) in [7, 11) is 0. The third kappa shape index (κ3) is 34.1. The molecule has 0 N–H and O–H groups in total. The van der Waals surface area contributed by atoms with Crippen molar-refractivity contribution in [1.82, 2.24) is 0 Å². The summed E-state index contributed by atoms with van der Waals surface area (Å²) in [6.07, 6.45) is 16.6. The Labute approximate surface area is 167 Å². The molecule has 0 aliphatic heterocycles.